The molecule has 0 aromatic carbocycles. The maximum absolute atomic E-state index is 13.1. The minimum atomic E-state index is -0.815. The van der Waals surface area contributed by atoms with Crippen molar-refractivity contribution in [2.45, 2.75) is 46.3 Å². The summed E-state index contributed by atoms with van der Waals surface area (Å²) in [7, 11) is 1.58. The van der Waals surface area contributed by atoms with Crippen molar-refractivity contribution in [2.24, 2.45) is 4.99 Å². The summed E-state index contributed by atoms with van der Waals surface area (Å²) in [6.07, 6.45) is 1.76. The molecule has 0 aliphatic carbocycles. The molecule has 0 N–H and O–H groups in total. The molecule has 0 bridgehead atoms. The zero-order valence-corrected chi connectivity index (χ0v) is 15.1. The predicted molar refractivity (Wildman–Crippen MR) is 90.6 cm³/mol. The van der Waals surface area contributed by atoms with E-state index in [0.717, 1.165) is 16.3 Å². The number of hydrogen-bond acceptors (Lipinski definition) is 4. The number of rotatable bonds is 4. The van der Waals surface area contributed by atoms with Crippen LogP contribution in [0.1, 0.15) is 31.3 Å². The molecule has 2 atom stereocenters. The Labute approximate surface area is 146 Å². The largest absolute Gasteiger partial charge is 0.402 e. The van der Waals surface area contributed by atoms with Gasteiger partial charge in [0, 0.05) is 7.05 Å². The van der Waals surface area contributed by atoms with Gasteiger partial charge in [0.05, 0.1) is 12.6 Å². The van der Waals surface area contributed by atoms with E-state index >= 15 is 0 Å². The van der Waals surface area contributed by atoms with Crippen LogP contribution in [0.25, 0.3) is 0 Å². The number of aliphatic imine (C=N–C) groups is 1. The number of Topliss-reactive ketones (excluding diaryl/α,β-unsaturated/α-hetero) is 1. The number of amides is 3. The van der Waals surface area contributed by atoms with Gasteiger partial charge in [-0.25, -0.2) is 18.8 Å². The first-order chi connectivity index (χ1) is 11.7. The molecule has 8 heteroatoms. The lowest BCUT2D eigenvalue weighted by atomic mass is 10.1. The van der Waals surface area contributed by atoms with E-state index < -0.39 is 24.0 Å². The topological polar surface area (TPSA) is 78.9 Å². The molecular weight excluding hydrogens is 322 g/mol. The molecule has 1 saturated heterocycles. The molecule has 0 radical (unpaired) electrons. The van der Waals surface area contributed by atoms with Crippen LogP contribution in [-0.4, -0.2) is 51.0 Å². The van der Waals surface area contributed by atoms with Gasteiger partial charge in [-0.3, -0.25) is 14.5 Å². The quantitative estimate of drug-likeness (QED) is 0.605. The lowest BCUT2D eigenvalue weighted by Crippen LogP contribution is -2.61. The lowest BCUT2D eigenvalue weighted by molar-refractivity contribution is -0.679. The van der Waals surface area contributed by atoms with Crippen molar-refractivity contribution >= 4 is 29.5 Å². The Morgan fingerprint density at radius 2 is 2.04 bits per heavy atom. The second kappa shape index (κ2) is 5.65. The van der Waals surface area contributed by atoms with Gasteiger partial charge in [0.15, 0.2) is 5.78 Å². The predicted octanol–water partition coefficient (Wildman–Crippen LogP) is 1.03. The number of fused-ring (bicyclic) bond motifs is 3. The van der Waals surface area contributed by atoms with Crippen molar-refractivity contribution in [3.8, 4) is 0 Å². The van der Waals surface area contributed by atoms with Crippen molar-refractivity contribution in [2.75, 3.05) is 7.05 Å². The average molecular weight is 344 g/mol. The number of imidazole rings is 1. The fourth-order valence-electron chi connectivity index (χ4n) is 3.35. The highest BCUT2D eigenvalue weighted by Crippen LogP contribution is 2.35. The normalized spacial score (nSPS) is 20.4. The molecule has 0 spiro atoms. The highest BCUT2D eigenvalue weighted by molar-refractivity contribution is 6.21. The van der Waals surface area contributed by atoms with E-state index in [1.165, 1.54) is 11.8 Å². The maximum atomic E-state index is 13.1. The molecule has 25 heavy (non-hydrogen) atoms. The number of hydrogen-bond donors (Lipinski definition) is 0. The van der Waals surface area contributed by atoms with Crippen LogP contribution in [0.2, 0.25) is 0 Å². The number of imide groups is 1. The molecule has 132 valence electrons. The number of urea groups is 1. The fraction of sp³-hybridized carbons (Fsp3) is 0.471. The van der Waals surface area contributed by atoms with Gasteiger partial charge in [-0.1, -0.05) is 17.6 Å². The van der Waals surface area contributed by atoms with Crippen molar-refractivity contribution in [1.29, 1.82) is 0 Å². The molecule has 2 aliphatic heterocycles. The van der Waals surface area contributed by atoms with E-state index in [4.69, 9.17) is 0 Å². The van der Waals surface area contributed by atoms with Gasteiger partial charge in [-0.2, -0.15) is 0 Å². The SMILES string of the molecule is C=CC[n+]1c(C)c(C)n2c1N=C1C2C(=O)N(C(C)C(C)=O)C(=O)N1C. The molecule has 1 aromatic heterocycles. The zero-order chi connectivity index (χ0) is 18.6. The smallest absolute Gasteiger partial charge is 0.298 e. The number of likely N-dealkylation sites (N-methyl/N-ethyl adjacent to an activating group) is 1. The average Bonchev–Trinajstić information content (AvgIpc) is 3.05. The van der Waals surface area contributed by atoms with Crippen molar-refractivity contribution in [3.05, 3.63) is 24.0 Å². The van der Waals surface area contributed by atoms with Crippen molar-refractivity contribution < 1.29 is 19.0 Å². The van der Waals surface area contributed by atoms with Gasteiger partial charge >= 0.3 is 12.0 Å². The highest BCUT2D eigenvalue weighted by Gasteiger charge is 2.55. The summed E-state index contributed by atoms with van der Waals surface area (Å²) >= 11 is 0. The Hall–Kier alpha value is -2.77. The number of carbonyl (C=O) groups is 3. The first-order valence-corrected chi connectivity index (χ1v) is 8.14. The van der Waals surface area contributed by atoms with Crippen molar-refractivity contribution in [1.82, 2.24) is 14.4 Å². The summed E-state index contributed by atoms with van der Waals surface area (Å²) in [5.41, 5.74) is 1.88. The van der Waals surface area contributed by atoms with Crippen LogP contribution in [0.3, 0.4) is 0 Å². The second-order valence-electron chi connectivity index (χ2n) is 6.45. The van der Waals surface area contributed by atoms with Gasteiger partial charge in [0.25, 0.3) is 5.91 Å². The van der Waals surface area contributed by atoms with E-state index in [9.17, 15) is 14.4 Å². The molecule has 1 fully saturated rings. The minimum absolute atomic E-state index is 0.240. The van der Waals surface area contributed by atoms with E-state index in [1.54, 1.807) is 20.0 Å². The fourth-order valence-corrected chi connectivity index (χ4v) is 3.35. The molecule has 3 rings (SSSR count). The number of ketones is 1. The third kappa shape index (κ3) is 2.16. The first-order valence-electron chi connectivity index (χ1n) is 8.14. The second-order valence-corrected chi connectivity index (χ2v) is 6.45. The number of amidine groups is 1. The van der Waals surface area contributed by atoms with Gasteiger partial charge in [-0.05, 0) is 27.7 Å². The third-order valence-corrected chi connectivity index (χ3v) is 5.06. The van der Waals surface area contributed by atoms with Crippen LogP contribution < -0.4 is 4.57 Å². The highest BCUT2D eigenvalue weighted by atomic mass is 16.2. The standard InChI is InChI=1S/C17H22N5O3/c1-7-8-20-9(2)10(3)21-13-14(18-16(20)21)19(6)17(25)22(15(13)24)11(4)12(5)23/h7,11,13H,1,8H2,2-6H3/q+1. The summed E-state index contributed by atoms with van der Waals surface area (Å²) < 4.78 is 3.79. The zero-order valence-electron chi connectivity index (χ0n) is 15.1. The molecule has 1 aromatic rings. The third-order valence-electron chi connectivity index (χ3n) is 5.06. The van der Waals surface area contributed by atoms with Crippen LogP contribution in [0.4, 0.5) is 10.7 Å². The van der Waals surface area contributed by atoms with Gasteiger partial charge in [0.2, 0.25) is 11.9 Å². The van der Waals surface area contributed by atoms with Crippen LogP contribution in [0.15, 0.2) is 17.6 Å². The van der Waals surface area contributed by atoms with E-state index in [1.807, 2.05) is 23.0 Å². The van der Waals surface area contributed by atoms with Crippen LogP contribution in [0.5, 0.6) is 0 Å². The molecule has 2 unspecified atom stereocenters. The minimum Gasteiger partial charge on any atom is -0.298 e. The Bertz CT molecular complexity index is 851. The van der Waals surface area contributed by atoms with Crippen LogP contribution in [-0.2, 0) is 16.1 Å². The molecular formula is C17H22N5O3+. The Balaban J connectivity index is 2.17. The summed E-state index contributed by atoms with van der Waals surface area (Å²) in [6.45, 7) is 11.1. The summed E-state index contributed by atoms with van der Waals surface area (Å²) in [5, 5.41) is 0. The maximum Gasteiger partial charge on any atom is 0.402 e. The first kappa shape index (κ1) is 17.1. The monoisotopic (exact) mass is 344 g/mol. The number of nitrogens with zero attached hydrogens (tertiary/aromatic N) is 5. The van der Waals surface area contributed by atoms with Crippen molar-refractivity contribution in [3.63, 3.8) is 0 Å². The summed E-state index contributed by atoms with van der Waals surface area (Å²) in [4.78, 5) is 44.4. The molecule has 2 aliphatic rings. The molecule has 3 amide bonds. The Morgan fingerprint density at radius 1 is 1.40 bits per heavy atom. The van der Waals surface area contributed by atoms with E-state index in [-0.39, 0.29) is 5.78 Å². The van der Waals surface area contributed by atoms with E-state index in [0.29, 0.717) is 18.3 Å². The summed E-state index contributed by atoms with van der Waals surface area (Å²) in [5.74, 6) is 0.334. The Kier molecular flexibility index (Phi) is 3.85. The molecule has 3 heterocycles. The lowest BCUT2D eigenvalue weighted by Gasteiger charge is -2.35. The van der Waals surface area contributed by atoms with Gasteiger partial charge in [-0.15, -0.1) is 0 Å². The van der Waals surface area contributed by atoms with Crippen LogP contribution >= 0.6 is 0 Å². The Morgan fingerprint density at radius 3 is 2.60 bits per heavy atom. The molecule has 0 saturated carbocycles. The number of allylic oxidation sites excluding steroid dienone is 1. The number of aromatic nitrogens is 2. The summed E-state index contributed by atoms with van der Waals surface area (Å²) in [6, 6.07) is -2.08. The number of carbonyl (C=O) groups excluding carboxylic acids is 3. The van der Waals surface area contributed by atoms with Gasteiger partial charge in [0.1, 0.15) is 11.4 Å². The van der Waals surface area contributed by atoms with E-state index in [2.05, 4.69) is 11.6 Å². The molecule has 8 nitrogen and oxygen atoms in total. The van der Waals surface area contributed by atoms with Crippen LogP contribution in [0, 0.1) is 13.8 Å². The van der Waals surface area contributed by atoms with Gasteiger partial charge < -0.3 is 0 Å².